The average molecular weight is 358 g/mol. The normalized spacial score (nSPS) is 23.2. The predicted octanol–water partition coefficient (Wildman–Crippen LogP) is 4.07. The van der Waals surface area contributed by atoms with Crippen LogP contribution >= 0.6 is 27.5 Å². The Morgan fingerprint density at radius 2 is 2.15 bits per heavy atom. The summed E-state index contributed by atoms with van der Waals surface area (Å²) in [4.78, 5) is 2.67. The van der Waals surface area contributed by atoms with Gasteiger partial charge in [0.05, 0.1) is 5.02 Å². The molecule has 0 amide bonds. The topological polar surface area (TPSA) is 15.3 Å². The molecule has 20 heavy (non-hydrogen) atoms. The Balaban J connectivity index is 1.62. The van der Waals surface area contributed by atoms with Gasteiger partial charge in [-0.2, -0.15) is 0 Å². The van der Waals surface area contributed by atoms with Crippen molar-refractivity contribution in [3.05, 3.63) is 33.3 Å². The van der Waals surface area contributed by atoms with Gasteiger partial charge in [-0.1, -0.05) is 17.7 Å². The zero-order valence-electron chi connectivity index (χ0n) is 11.7. The van der Waals surface area contributed by atoms with Crippen LogP contribution in [0, 0.1) is 5.92 Å². The number of hydrogen-bond donors (Lipinski definition) is 1. The van der Waals surface area contributed by atoms with E-state index in [2.05, 4.69) is 38.3 Å². The van der Waals surface area contributed by atoms with Gasteiger partial charge in [-0.15, -0.1) is 0 Å². The van der Waals surface area contributed by atoms with E-state index in [1.807, 2.05) is 6.07 Å². The highest BCUT2D eigenvalue weighted by Gasteiger charge is 2.30. The molecule has 0 aromatic heterocycles. The zero-order valence-corrected chi connectivity index (χ0v) is 14.1. The molecule has 0 bridgehead atoms. The summed E-state index contributed by atoms with van der Waals surface area (Å²) in [6, 6.07) is 7.12. The van der Waals surface area contributed by atoms with Crippen molar-refractivity contribution < 1.29 is 0 Å². The van der Waals surface area contributed by atoms with Crippen LogP contribution in [0.4, 0.5) is 0 Å². The molecule has 1 unspecified atom stereocenters. The van der Waals surface area contributed by atoms with Crippen molar-refractivity contribution in [1.29, 1.82) is 0 Å². The maximum atomic E-state index is 6.08. The number of rotatable bonds is 5. The number of nitrogens with one attached hydrogen (secondary N) is 1. The number of hydrogen-bond acceptors (Lipinski definition) is 2. The lowest BCUT2D eigenvalue weighted by atomic mass is 9.98. The Bertz CT molecular complexity index is 456. The standard InChI is InChI=1S/C16H22BrClN2/c17-15-8-12(3-6-16(15)18)10-20(14-4-5-14)11-13-2-1-7-19-9-13/h3,6,8,13-14,19H,1-2,4-5,7,9-11H2. The van der Waals surface area contributed by atoms with Crippen molar-refractivity contribution >= 4 is 27.5 Å². The number of benzene rings is 1. The summed E-state index contributed by atoms with van der Waals surface area (Å²) in [6.45, 7) is 4.67. The largest absolute Gasteiger partial charge is 0.316 e. The minimum absolute atomic E-state index is 0.795. The summed E-state index contributed by atoms with van der Waals surface area (Å²) in [6.07, 6.45) is 5.44. The molecule has 2 fully saturated rings. The Kier molecular flexibility index (Phi) is 5.03. The summed E-state index contributed by atoms with van der Waals surface area (Å²) in [5.41, 5.74) is 1.36. The Morgan fingerprint density at radius 3 is 2.80 bits per heavy atom. The lowest BCUT2D eigenvalue weighted by Gasteiger charge is -2.30. The van der Waals surface area contributed by atoms with E-state index in [1.54, 1.807) is 0 Å². The summed E-state index contributed by atoms with van der Waals surface area (Å²) in [5.74, 6) is 0.820. The highest BCUT2D eigenvalue weighted by Crippen LogP contribution is 2.31. The third kappa shape index (κ3) is 3.97. The first-order valence-corrected chi connectivity index (χ1v) is 8.78. The summed E-state index contributed by atoms with van der Waals surface area (Å²) >= 11 is 9.61. The van der Waals surface area contributed by atoms with Crippen molar-refractivity contribution in [3.8, 4) is 0 Å². The van der Waals surface area contributed by atoms with E-state index < -0.39 is 0 Å². The molecular formula is C16H22BrClN2. The molecule has 1 aliphatic heterocycles. The molecule has 0 spiro atoms. The molecule has 1 aromatic carbocycles. The number of piperidine rings is 1. The van der Waals surface area contributed by atoms with Gasteiger partial charge >= 0.3 is 0 Å². The molecular weight excluding hydrogens is 336 g/mol. The smallest absolute Gasteiger partial charge is 0.0548 e. The third-order valence-corrected chi connectivity index (χ3v) is 5.54. The van der Waals surface area contributed by atoms with Gasteiger partial charge < -0.3 is 5.32 Å². The first kappa shape index (κ1) is 14.8. The van der Waals surface area contributed by atoms with Crippen molar-refractivity contribution in [1.82, 2.24) is 10.2 Å². The molecule has 1 N–H and O–H groups in total. The van der Waals surface area contributed by atoms with Crippen LogP contribution in [-0.4, -0.2) is 30.6 Å². The fraction of sp³-hybridized carbons (Fsp3) is 0.625. The van der Waals surface area contributed by atoms with Gasteiger partial charge in [0, 0.05) is 23.6 Å². The van der Waals surface area contributed by atoms with Crippen LogP contribution in [0.25, 0.3) is 0 Å². The van der Waals surface area contributed by atoms with Crippen LogP contribution in [0.15, 0.2) is 22.7 Å². The Morgan fingerprint density at radius 1 is 1.30 bits per heavy atom. The van der Waals surface area contributed by atoms with E-state index in [0.29, 0.717) is 0 Å². The van der Waals surface area contributed by atoms with Gasteiger partial charge in [0.1, 0.15) is 0 Å². The van der Waals surface area contributed by atoms with Crippen LogP contribution in [0.2, 0.25) is 5.02 Å². The highest BCUT2D eigenvalue weighted by molar-refractivity contribution is 9.10. The molecule has 1 saturated heterocycles. The van der Waals surface area contributed by atoms with Gasteiger partial charge in [-0.25, -0.2) is 0 Å². The lowest BCUT2D eigenvalue weighted by molar-refractivity contribution is 0.193. The van der Waals surface area contributed by atoms with Crippen molar-refractivity contribution in [2.45, 2.75) is 38.3 Å². The van der Waals surface area contributed by atoms with Gasteiger partial charge in [-0.3, -0.25) is 4.90 Å². The molecule has 2 nitrogen and oxygen atoms in total. The van der Waals surface area contributed by atoms with E-state index in [4.69, 9.17) is 11.6 Å². The van der Waals surface area contributed by atoms with E-state index in [9.17, 15) is 0 Å². The zero-order chi connectivity index (χ0) is 13.9. The van der Waals surface area contributed by atoms with Crippen LogP contribution in [0.1, 0.15) is 31.2 Å². The first-order valence-electron chi connectivity index (χ1n) is 7.61. The van der Waals surface area contributed by atoms with E-state index in [-0.39, 0.29) is 0 Å². The van der Waals surface area contributed by atoms with Crippen LogP contribution < -0.4 is 5.32 Å². The maximum absolute atomic E-state index is 6.08. The van der Waals surface area contributed by atoms with Gasteiger partial charge in [0.15, 0.2) is 0 Å². The van der Waals surface area contributed by atoms with Crippen molar-refractivity contribution in [3.63, 3.8) is 0 Å². The van der Waals surface area contributed by atoms with Crippen LogP contribution in [0.5, 0.6) is 0 Å². The van der Waals surface area contributed by atoms with Crippen LogP contribution in [-0.2, 0) is 6.54 Å². The van der Waals surface area contributed by atoms with Gasteiger partial charge in [0.25, 0.3) is 0 Å². The average Bonchev–Trinajstić information content (AvgIpc) is 3.28. The third-order valence-electron chi connectivity index (χ3n) is 4.32. The molecule has 3 rings (SSSR count). The molecule has 110 valence electrons. The quantitative estimate of drug-likeness (QED) is 0.854. The molecule has 4 heteroatoms. The second-order valence-corrected chi connectivity index (χ2v) is 7.38. The molecule has 2 aliphatic rings. The fourth-order valence-corrected chi connectivity index (χ4v) is 3.61. The monoisotopic (exact) mass is 356 g/mol. The lowest BCUT2D eigenvalue weighted by Crippen LogP contribution is -2.39. The molecule has 1 aliphatic carbocycles. The van der Waals surface area contributed by atoms with E-state index in [1.165, 1.54) is 50.9 Å². The van der Waals surface area contributed by atoms with E-state index in [0.717, 1.165) is 28.0 Å². The Hall–Kier alpha value is -0.0900. The minimum atomic E-state index is 0.795. The second kappa shape index (κ2) is 6.78. The second-order valence-electron chi connectivity index (χ2n) is 6.12. The molecule has 1 aromatic rings. The van der Waals surface area contributed by atoms with Crippen molar-refractivity contribution in [2.75, 3.05) is 19.6 Å². The SMILES string of the molecule is Clc1ccc(CN(CC2CCCNC2)C2CC2)cc1Br. The van der Waals surface area contributed by atoms with Gasteiger partial charge in [0.2, 0.25) is 0 Å². The highest BCUT2D eigenvalue weighted by atomic mass is 79.9. The molecule has 1 heterocycles. The maximum Gasteiger partial charge on any atom is 0.0548 e. The summed E-state index contributed by atoms with van der Waals surface area (Å²) < 4.78 is 1.01. The van der Waals surface area contributed by atoms with Crippen LogP contribution in [0.3, 0.4) is 0 Å². The first-order chi connectivity index (χ1) is 9.72. The predicted molar refractivity (Wildman–Crippen MR) is 88.2 cm³/mol. The fourth-order valence-electron chi connectivity index (χ4n) is 3.07. The minimum Gasteiger partial charge on any atom is -0.316 e. The Labute approximate surface area is 135 Å². The molecule has 1 saturated carbocycles. The molecule has 0 radical (unpaired) electrons. The summed E-state index contributed by atoms with van der Waals surface area (Å²) in [7, 11) is 0. The molecule has 1 atom stereocenters. The number of halogens is 2. The summed E-state index contributed by atoms with van der Waals surface area (Å²) in [5, 5.41) is 4.32. The number of nitrogens with zero attached hydrogens (tertiary/aromatic N) is 1. The van der Waals surface area contributed by atoms with Gasteiger partial charge in [-0.05, 0) is 78.3 Å². The van der Waals surface area contributed by atoms with E-state index >= 15 is 0 Å². The van der Waals surface area contributed by atoms with Crippen molar-refractivity contribution in [2.24, 2.45) is 5.92 Å².